The molecule has 24 heavy (non-hydrogen) atoms. The molecule has 0 saturated heterocycles. The molecule has 0 fully saturated rings. The Morgan fingerprint density at radius 3 is 1.46 bits per heavy atom. The molecule has 0 aromatic heterocycles. The number of benzene rings is 4. The Morgan fingerprint density at radius 1 is 0.583 bits per heavy atom. The highest BCUT2D eigenvalue weighted by Crippen LogP contribution is 2.38. The fourth-order valence-corrected chi connectivity index (χ4v) is 4.45. The Balaban J connectivity index is 2.05. The molecule has 3 nitrogen and oxygen atoms in total. The van der Waals surface area contributed by atoms with Gasteiger partial charge in [0.1, 0.15) is 11.5 Å². The van der Waals surface area contributed by atoms with Gasteiger partial charge in [0, 0.05) is 10.8 Å². The first-order valence-electron chi connectivity index (χ1n) is 7.50. The highest BCUT2D eigenvalue weighted by Gasteiger charge is 2.20. The van der Waals surface area contributed by atoms with Gasteiger partial charge in [-0.25, -0.2) is 4.21 Å². The molecule has 0 spiro atoms. The van der Waals surface area contributed by atoms with Crippen LogP contribution in [0.1, 0.15) is 0 Å². The zero-order valence-electron chi connectivity index (χ0n) is 12.6. The quantitative estimate of drug-likeness (QED) is 0.564. The third-order valence-corrected chi connectivity index (χ3v) is 5.69. The summed E-state index contributed by atoms with van der Waals surface area (Å²) in [4.78, 5) is 0.638. The van der Waals surface area contributed by atoms with E-state index in [4.69, 9.17) is 0 Å². The molecule has 2 N–H and O–H groups in total. The van der Waals surface area contributed by atoms with E-state index in [9.17, 15) is 14.4 Å². The van der Waals surface area contributed by atoms with E-state index in [1.165, 1.54) is 12.1 Å². The van der Waals surface area contributed by atoms with Crippen LogP contribution < -0.4 is 0 Å². The zero-order valence-corrected chi connectivity index (χ0v) is 13.5. The van der Waals surface area contributed by atoms with Gasteiger partial charge in [0.25, 0.3) is 0 Å². The minimum atomic E-state index is -1.72. The van der Waals surface area contributed by atoms with Crippen LogP contribution in [0.3, 0.4) is 0 Å². The molecule has 4 rings (SSSR count). The summed E-state index contributed by atoms with van der Waals surface area (Å²) in [7, 11) is -1.72. The predicted octanol–water partition coefficient (Wildman–Crippen LogP) is 4.57. The van der Waals surface area contributed by atoms with Crippen molar-refractivity contribution in [2.24, 2.45) is 0 Å². The van der Waals surface area contributed by atoms with Gasteiger partial charge in [-0.3, -0.25) is 0 Å². The summed E-state index contributed by atoms with van der Waals surface area (Å²) < 4.78 is 13.3. The molecule has 0 heterocycles. The number of hydrogen-bond donors (Lipinski definition) is 2. The molecular weight excluding hydrogens is 320 g/mol. The van der Waals surface area contributed by atoms with E-state index in [1.54, 1.807) is 12.1 Å². The van der Waals surface area contributed by atoms with Crippen molar-refractivity contribution in [1.82, 2.24) is 0 Å². The average molecular weight is 334 g/mol. The van der Waals surface area contributed by atoms with Crippen molar-refractivity contribution in [3.05, 3.63) is 72.8 Å². The summed E-state index contributed by atoms with van der Waals surface area (Å²) in [5.74, 6) is -0.0845. The van der Waals surface area contributed by atoms with Gasteiger partial charge in [0.15, 0.2) is 0 Å². The molecular formula is C20H14O3S. The van der Waals surface area contributed by atoms with Crippen LogP contribution in [0, 0.1) is 0 Å². The Morgan fingerprint density at radius 2 is 1.00 bits per heavy atom. The number of aromatic hydroxyl groups is 2. The Hall–Kier alpha value is -2.85. The van der Waals surface area contributed by atoms with E-state index in [2.05, 4.69) is 0 Å². The molecule has 0 aliphatic rings. The molecule has 4 aromatic rings. The Bertz CT molecular complexity index is 1020. The largest absolute Gasteiger partial charge is 0.507 e. The number of hydrogen-bond acceptors (Lipinski definition) is 3. The van der Waals surface area contributed by atoms with Crippen LogP contribution in [0.15, 0.2) is 82.6 Å². The number of phenols is 2. The fourth-order valence-electron chi connectivity index (χ4n) is 2.95. The maximum Gasteiger partial charge on any atom is 0.132 e. The molecule has 0 bridgehead atoms. The number of fused-ring (bicyclic) bond motifs is 2. The molecule has 0 atom stereocenters. The second-order valence-electron chi connectivity index (χ2n) is 5.54. The van der Waals surface area contributed by atoms with Crippen LogP contribution in [0.4, 0.5) is 0 Å². The first-order valence-corrected chi connectivity index (χ1v) is 8.65. The molecule has 4 aromatic carbocycles. The summed E-state index contributed by atoms with van der Waals surface area (Å²) >= 11 is 0. The third kappa shape index (κ3) is 2.23. The maximum absolute atomic E-state index is 13.3. The van der Waals surface area contributed by atoms with Crippen molar-refractivity contribution in [1.29, 1.82) is 0 Å². The summed E-state index contributed by atoms with van der Waals surface area (Å²) in [6.45, 7) is 0. The van der Waals surface area contributed by atoms with Gasteiger partial charge < -0.3 is 10.2 Å². The van der Waals surface area contributed by atoms with E-state index in [0.29, 0.717) is 20.6 Å². The van der Waals surface area contributed by atoms with E-state index in [-0.39, 0.29) is 11.5 Å². The van der Waals surface area contributed by atoms with Gasteiger partial charge in [-0.05, 0) is 22.9 Å². The molecule has 4 heteroatoms. The van der Waals surface area contributed by atoms with Gasteiger partial charge in [0.2, 0.25) is 0 Å². The summed E-state index contributed by atoms with van der Waals surface area (Å²) in [6.07, 6.45) is 0. The van der Waals surface area contributed by atoms with Crippen molar-refractivity contribution in [3.8, 4) is 11.5 Å². The van der Waals surface area contributed by atoms with Gasteiger partial charge in [-0.2, -0.15) is 0 Å². The lowest BCUT2D eigenvalue weighted by Gasteiger charge is -2.12. The maximum atomic E-state index is 13.3. The van der Waals surface area contributed by atoms with Crippen molar-refractivity contribution < 1.29 is 14.4 Å². The van der Waals surface area contributed by atoms with Crippen molar-refractivity contribution >= 4 is 32.3 Å². The fraction of sp³-hybridized carbons (Fsp3) is 0. The van der Waals surface area contributed by atoms with E-state index in [0.717, 1.165) is 10.8 Å². The van der Waals surface area contributed by atoms with Crippen molar-refractivity contribution in [2.45, 2.75) is 9.79 Å². The van der Waals surface area contributed by atoms with Crippen LogP contribution in [-0.2, 0) is 10.8 Å². The highest BCUT2D eigenvalue weighted by molar-refractivity contribution is 7.85. The lowest BCUT2D eigenvalue weighted by atomic mass is 10.1. The van der Waals surface area contributed by atoms with Crippen LogP contribution >= 0.6 is 0 Å². The Labute approximate surface area is 141 Å². The lowest BCUT2D eigenvalue weighted by Crippen LogP contribution is -1.97. The van der Waals surface area contributed by atoms with Crippen molar-refractivity contribution in [3.63, 3.8) is 0 Å². The van der Waals surface area contributed by atoms with Crippen LogP contribution in [-0.4, -0.2) is 14.4 Å². The van der Waals surface area contributed by atoms with Gasteiger partial charge in [0.05, 0.1) is 20.6 Å². The van der Waals surface area contributed by atoms with Crippen LogP contribution in [0.5, 0.6) is 11.5 Å². The third-order valence-electron chi connectivity index (χ3n) is 4.09. The predicted molar refractivity (Wildman–Crippen MR) is 95.9 cm³/mol. The van der Waals surface area contributed by atoms with Gasteiger partial charge >= 0.3 is 0 Å². The number of phenolic OH excluding ortho intramolecular Hbond substituents is 2. The van der Waals surface area contributed by atoms with E-state index >= 15 is 0 Å². The van der Waals surface area contributed by atoms with Gasteiger partial charge in [-0.15, -0.1) is 0 Å². The second kappa shape index (κ2) is 5.65. The normalized spacial score (nSPS) is 11.4. The molecule has 0 aliphatic carbocycles. The first-order chi connectivity index (χ1) is 11.7. The molecule has 0 aliphatic heterocycles. The summed E-state index contributed by atoms with van der Waals surface area (Å²) in [6, 6.07) is 21.6. The van der Waals surface area contributed by atoms with Crippen molar-refractivity contribution in [2.75, 3.05) is 0 Å². The topological polar surface area (TPSA) is 57.5 Å². The summed E-state index contributed by atoms with van der Waals surface area (Å²) in [5.41, 5.74) is 0. The standard InChI is InChI=1S/C20H14O3S/c21-17-11-9-13-5-1-3-7-15(13)19(17)24(23)20-16-8-4-2-6-14(16)10-12-18(20)22/h1-12,21-22H. The second-order valence-corrected chi connectivity index (χ2v) is 6.89. The highest BCUT2D eigenvalue weighted by atomic mass is 32.2. The molecule has 0 unspecified atom stereocenters. The minimum absolute atomic E-state index is 0.0423. The molecule has 0 radical (unpaired) electrons. The summed E-state index contributed by atoms with van der Waals surface area (Å²) in [5, 5.41) is 23.9. The van der Waals surface area contributed by atoms with Crippen LogP contribution in [0.2, 0.25) is 0 Å². The number of rotatable bonds is 2. The lowest BCUT2D eigenvalue weighted by molar-refractivity contribution is 0.459. The average Bonchev–Trinajstić information content (AvgIpc) is 2.61. The SMILES string of the molecule is O=S(c1c(O)ccc2ccccc12)c1c(O)ccc2ccccc12. The molecule has 0 saturated carbocycles. The minimum Gasteiger partial charge on any atom is -0.507 e. The zero-order chi connectivity index (χ0) is 16.7. The first kappa shape index (κ1) is 14.7. The molecule has 118 valence electrons. The monoisotopic (exact) mass is 334 g/mol. The van der Waals surface area contributed by atoms with Crippen LogP contribution in [0.25, 0.3) is 21.5 Å². The Kier molecular flexibility index (Phi) is 3.47. The van der Waals surface area contributed by atoms with E-state index in [1.807, 2.05) is 48.5 Å². The molecule has 0 amide bonds. The smallest absolute Gasteiger partial charge is 0.132 e. The van der Waals surface area contributed by atoms with E-state index < -0.39 is 10.8 Å². The van der Waals surface area contributed by atoms with Gasteiger partial charge in [-0.1, -0.05) is 60.7 Å².